The van der Waals surface area contributed by atoms with Gasteiger partial charge >= 0.3 is 0 Å². The smallest absolute Gasteiger partial charge is 0.193 e. The number of ether oxygens (including phenoxy) is 1. The van der Waals surface area contributed by atoms with Crippen LogP contribution >= 0.6 is 35.7 Å². The fourth-order valence-corrected chi connectivity index (χ4v) is 6.25. The Morgan fingerprint density at radius 3 is 2.59 bits per heavy atom. The van der Waals surface area contributed by atoms with E-state index in [4.69, 9.17) is 4.74 Å². The topological polar surface area (TPSA) is 40.1 Å². The normalized spacial score (nSPS) is 25.1. The van der Waals surface area contributed by atoms with Gasteiger partial charge in [0.05, 0.1) is 13.2 Å². The van der Waals surface area contributed by atoms with Crippen LogP contribution in [0.4, 0.5) is 0 Å². The summed E-state index contributed by atoms with van der Waals surface area (Å²) in [5.74, 6) is 1.08. The molecule has 162 valence electrons. The summed E-state index contributed by atoms with van der Waals surface area (Å²) in [6.07, 6.45) is 6.47. The first kappa shape index (κ1) is 23.2. The van der Waals surface area contributed by atoms with E-state index in [0.29, 0.717) is 10.8 Å². The third-order valence-electron chi connectivity index (χ3n) is 6.40. The Morgan fingerprint density at radius 1 is 1.17 bits per heavy atom. The Balaban J connectivity index is 0.00000240. The lowest BCUT2D eigenvalue weighted by Gasteiger charge is -2.33. The molecule has 0 spiro atoms. The Kier molecular flexibility index (Phi) is 8.95. The summed E-state index contributed by atoms with van der Waals surface area (Å²) in [5, 5.41) is 3.75. The summed E-state index contributed by atoms with van der Waals surface area (Å²) in [5.41, 5.74) is 0. The molecule has 2 aliphatic heterocycles. The van der Waals surface area contributed by atoms with Crippen LogP contribution in [0.5, 0.6) is 0 Å². The maximum Gasteiger partial charge on any atom is 0.193 e. The number of thioether (sulfide) groups is 1. The fraction of sp³-hybridized carbons (Fsp3) is 0.682. The van der Waals surface area contributed by atoms with Gasteiger partial charge in [0.25, 0.3) is 0 Å². The predicted octanol–water partition coefficient (Wildman–Crippen LogP) is 3.69. The van der Waals surface area contributed by atoms with Crippen LogP contribution in [0.15, 0.2) is 40.2 Å². The number of likely N-dealkylation sites (tertiary alicyclic amines) is 1. The molecule has 1 atom stereocenters. The SMILES string of the molecule is CN=C(NCC1(Sc2ccccc2)CCCC1)N1CCC(N2CCOCC2)C1.I. The molecular weight excluding hydrogens is 495 g/mol. The van der Waals surface area contributed by atoms with Gasteiger partial charge in [-0.15, -0.1) is 35.7 Å². The molecule has 3 aliphatic rings. The van der Waals surface area contributed by atoms with Gasteiger partial charge in [-0.1, -0.05) is 31.0 Å². The second kappa shape index (κ2) is 11.2. The molecule has 1 aromatic carbocycles. The average molecular weight is 531 g/mol. The van der Waals surface area contributed by atoms with Crippen LogP contribution < -0.4 is 5.32 Å². The van der Waals surface area contributed by atoms with Gasteiger partial charge in [0, 0.05) is 55.5 Å². The first-order valence-corrected chi connectivity index (χ1v) is 11.6. The number of nitrogens with zero attached hydrogens (tertiary/aromatic N) is 3. The zero-order valence-electron chi connectivity index (χ0n) is 17.5. The van der Waals surface area contributed by atoms with E-state index in [-0.39, 0.29) is 24.0 Å². The van der Waals surface area contributed by atoms with E-state index in [1.807, 2.05) is 7.05 Å². The highest BCUT2D eigenvalue weighted by Gasteiger charge is 2.36. The molecule has 4 rings (SSSR count). The van der Waals surface area contributed by atoms with Crippen molar-refractivity contribution in [2.24, 2.45) is 4.99 Å². The number of halogens is 1. The highest BCUT2D eigenvalue weighted by molar-refractivity contribution is 14.0. The molecule has 7 heteroatoms. The summed E-state index contributed by atoms with van der Waals surface area (Å²) in [7, 11) is 1.93. The van der Waals surface area contributed by atoms with E-state index in [0.717, 1.165) is 51.9 Å². The van der Waals surface area contributed by atoms with Gasteiger partial charge in [0.15, 0.2) is 5.96 Å². The van der Waals surface area contributed by atoms with Crippen LogP contribution in [-0.4, -0.2) is 79.5 Å². The molecule has 1 saturated carbocycles. The molecule has 0 radical (unpaired) electrons. The molecule has 2 heterocycles. The number of rotatable bonds is 5. The van der Waals surface area contributed by atoms with Gasteiger partial charge in [0.1, 0.15) is 0 Å². The Bertz CT molecular complexity index is 647. The second-order valence-corrected chi connectivity index (χ2v) is 9.78. The van der Waals surface area contributed by atoms with E-state index in [1.165, 1.54) is 37.0 Å². The summed E-state index contributed by atoms with van der Waals surface area (Å²) < 4.78 is 5.81. The molecule has 1 N–H and O–H groups in total. The minimum atomic E-state index is 0. The average Bonchev–Trinajstić information content (AvgIpc) is 3.41. The van der Waals surface area contributed by atoms with Crippen LogP contribution in [0.3, 0.4) is 0 Å². The number of nitrogens with one attached hydrogen (secondary N) is 1. The van der Waals surface area contributed by atoms with Crippen molar-refractivity contribution in [3.63, 3.8) is 0 Å². The van der Waals surface area contributed by atoms with Crippen LogP contribution in [0, 0.1) is 0 Å². The molecule has 2 saturated heterocycles. The number of hydrogen-bond donors (Lipinski definition) is 1. The Morgan fingerprint density at radius 2 is 1.90 bits per heavy atom. The number of aliphatic imine (C=N–C) groups is 1. The van der Waals surface area contributed by atoms with E-state index in [2.05, 4.69) is 62.2 Å². The molecule has 0 bridgehead atoms. The maximum atomic E-state index is 5.52. The fourth-order valence-electron chi connectivity index (χ4n) is 4.82. The highest BCUT2D eigenvalue weighted by atomic mass is 127. The van der Waals surface area contributed by atoms with Gasteiger partial charge in [0.2, 0.25) is 0 Å². The standard InChI is InChI=1S/C22H34N4OS.HI/c1-23-21(26-12-9-19(17-26)25-13-15-27-16-14-25)24-18-22(10-5-6-11-22)28-20-7-3-2-4-8-20;/h2-4,7-8,19H,5-6,9-18H2,1H3,(H,23,24);1H. The van der Waals surface area contributed by atoms with Crippen molar-refractivity contribution < 1.29 is 4.74 Å². The van der Waals surface area contributed by atoms with E-state index in [1.54, 1.807) is 0 Å². The van der Waals surface area contributed by atoms with Gasteiger partial charge in [-0.25, -0.2) is 0 Å². The zero-order valence-corrected chi connectivity index (χ0v) is 20.7. The summed E-state index contributed by atoms with van der Waals surface area (Å²) in [6.45, 7) is 7.07. The lowest BCUT2D eigenvalue weighted by molar-refractivity contribution is 0.0195. The lowest BCUT2D eigenvalue weighted by Crippen LogP contribution is -2.48. The van der Waals surface area contributed by atoms with Crippen molar-refractivity contribution >= 4 is 41.7 Å². The van der Waals surface area contributed by atoms with Crippen molar-refractivity contribution in [2.75, 3.05) is 53.0 Å². The largest absolute Gasteiger partial charge is 0.379 e. The first-order valence-electron chi connectivity index (χ1n) is 10.8. The summed E-state index contributed by atoms with van der Waals surface area (Å²) in [6, 6.07) is 11.5. The quantitative estimate of drug-likeness (QED) is 0.357. The van der Waals surface area contributed by atoms with Crippen molar-refractivity contribution in [2.45, 2.75) is 47.8 Å². The maximum absolute atomic E-state index is 5.52. The predicted molar refractivity (Wildman–Crippen MR) is 133 cm³/mol. The molecule has 1 unspecified atom stereocenters. The molecular formula is C22H35IN4OS. The summed E-state index contributed by atoms with van der Waals surface area (Å²) >= 11 is 2.06. The molecule has 0 amide bonds. The van der Waals surface area contributed by atoms with Crippen LogP contribution in [0.25, 0.3) is 0 Å². The zero-order chi connectivity index (χ0) is 19.2. The molecule has 1 aromatic rings. The van der Waals surface area contributed by atoms with Gasteiger partial charge in [-0.3, -0.25) is 9.89 Å². The van der Waals surface area contributed by atoms with E-state index < -0.39 is 0 Å². The third kappa shape index (κ3) is 6.02. The number of hydrogen-bond acceptors (Lipinski definition) is 4. The van der Waals surface area contributed by atoms with Crippen molar-refractivity contribution in [1.29, 1.82) is 0 Å². The minimum Gasteiger partial charge on any atom is -0.379 e. The molecule has 0 aromatic heterocycles. The van der Waals surface area contributed by atoms with Crippen molar-refractivity contribution in [1.82, 2.24) is 15.1 Å². The number of benzene rings is 1. The second-order valence-electron chi connectivity index (χ2n) is 8.24. The minimum absolute atomic E-state index is 0. The van der Waals surface area contributed by atoms with Crippen LogP contribution in [-0.2, 0) is 4.74 Å². The van der Waals surface area contributed by atoms with Gasteiger partial charge < -0.3 is 15.0 Å². The van der Waals surface area contributed by atoms with Crippen molar-refractivity contribution in [3.05, 3.63) is 30.3 Å². The third-order valence-corrected chi connectivity index (χ3v) is 7.89. The molecule has 3 fully saturated rings. The highest BCUT2D eigenvalue weighted by Crippen LogP contribution is 2.44. The van der Waals surface area contributed by atoms with E-state index in [9.17, 15) is 0 Å². The number of morpholine rings is 1. The van der Waals surface area contributed by atoms with Gasteiger partial charge in [-0.2, -0.15) is 0 Å². The number of guanidine groups is 1. The summed E-state index contributed by atoms with van der Waals surface area (Å²) in [4.78, 5) is 11.1. The molecule has 1 aliphatic carbocycles. The van der Waals surface area contributed by atoms with E-state index >= 15 is 0 Å². The van der Waals surface area contributed by atoms with Crippen LogP contribution in [0.2, 0.25) is 0 Å². The van der Waals surface area contributed by atoms with Crippen LogP contribution in [0.1, 0.15) is 32.1 Å². The molecule has 29 heavy (non-hydrogen) atoms. The van der Waals surface area contributed by atoms with Gasteiger partial charge in [-0.05, 0) is 31.4 Å². The first-order chi connectivity index (χ1) is 13.8. The Hall–Kier alpha value is -0.510. The monoisotopic (exact) mass is 530 g/mol. The van der Waals surface area contributed by atoms with Crippen molar-refractivity contribution in [3.8, 4) is 0 Å². The lowest BCUT2D eigenvalue weighted by atomic mass is 10.1. The molecule has 5 nitrogen and oxygen atoms in total. The Labute approximate surface area is 197 Å².